The first-order chi connectivity index (χ1) is 11.2. The number of nitro groups is 2. The van der Waals surface area contributed by atoms with E-state index in [4.69, 9.17) is 4.74 Å². The third-order valence-corrected chi connectivity index (χ3v) is 3.13. The number of carbonyl (C=O) groups is 1. The molecule has 0 fully saturated rings. The van der Waals surface area contributed by atoms with Gasteiger partial charge in [0.05, 0.1) is 22.0 Å². The second kappa shape index (κ2) is 8.04. The SMILES string of the molecule is C=C(C)CN(CC)c1c([N+](=O)[O-])cc(C(=O)OCC)cc1[N+](=O)[O-]. The highest BCUT2D eigenvalue weighted by Crippen LogP contribution is 2.39. The molecule has 0 saturated heterocycles. The lowest BCUT2D eigenvalue weighted by atomic mass is 10.1. The number of hydrogen-bond acceptors (Lipinski definition) is 7. The maximum absolute atomic E-state index is 11.8. The number of esters is 1. The summed E-state index contributed by atoms with van der Waals surface area (Å²) in [5.74, 6) is -0.849. The summed E-state index contributed by atoms with van der Waals surface area (Å²) in [6.07, 6.45) is 0. The van der Waals surface area contributed by atoms with Gasteiger partial charge in [0.15, 0.2) is 5.69 Å². The van der Waals surface area contributed by atoms with Gasteiger partial charge in [-0.2, -0.15) is 0 Å². The zero-order valence-corrected chi connectivity index (χ0v) is 13.8. The summed E-state index contributed by atoms with van der Waals surface area (Å²) < 4.78 is 4.78. The second-order valence-electron chi connectivity index (χ2n) is 5.07. The molecule has 0 aliphatic rings. The van der Waals surface area contributed by atoms with Crippen molar-refractivity contribution in [2.75, 3.05) is 24.6 Å². The zero-order chi connectivity index (χ0) is 18.4. The number of carbonyl (C=O) groups excluding carboxylic acids is 1. The molecule has 0 aliphatic carbocycles. The van der Waals surface area contributed by atoms with Crippen molar-refractivity contribution in [1.82, 2.24) is 0 Å². The predicted octanol–water partition coefficient (Wildman–Crippen LogP) is 3.08. The topological polar surface area (TPSA) is 116 Å². The molecule has 1 aromatic carbocycles. The number of anilines is 1. The van der Waals surface area contributed by atoms with Gasteiger partial charge in [-0.15, -0.1) is 0 Å². The smallest absolute Gasteiger partial charge is 0.338 e. The van der Waals surface area contributed by atoms with Gasteiger partial charge in [-0.05, 0) is 20.8 Å². The lowest BCUT2D eigenvalue weighted by Gasteiger charge is -2.22. The monoisotopic (exact) mass is 337 g/mol. The normalized spacial score (nSPS) is 10.1. The van der Waals surface area contributed by atoms with E-state index in [2.05, 4.69) is 6.58 Å². The number of hydrogen-bond donors (Lipinski definition) is 0. The van der Waals surface area contributed by atoms with E-state index < -0.39 is 27.2 Å². The van der Waals surface area contributed by atoms with Crippen LogP contribution in [0.2, 0.25) is 0 Å². The molecule has 0 heterocycles. The first-order valence-electron chi connectivity index (χ1n) is 7.26. The van der Waals surface area contributed by atoms with E-state index in [1.54, 1.807) is 20.8 Å². The Morgan fingerprint density at radius 2 is 1.71 bits per heavy atom. The van der Waals surface area contributed by atoms with E-state index in [9.17, 15) is 25.0 Å². The molecule has 0 saturated carbocycles. The average molecular weight is 337 g/mol. The number of rotatable bonds is 8. The number of nitro benzene ring substituents is 2. The van der Waals surface area contributed by atoms with E-state index in [1.807, 2.05) is 0 Å². The fourth-order valence-electron chi connectivity index (χ4n) is 2.21. The molecule has 0 aromatic heterocycles. The summed E-state index contributed by atoms with van der Waals surface area (Å²) >= 11 is 0. The minimum atomic E-state index is -0.849. The van der Waals surface area contributed by atoms with E-state index in [0.717, 1.165) is 12.1 Å². The Morgan fingerprint density at radius 1 is 1.21 bits per heavy atom. The van der Waals surface area contributed by atoms with Crippen LogP contribution in [0.25, 0.3) is 0 Å². The highest BCUT2D eigenvalue weighted by molar-refractivity contribution is 5.94. The minimum absolute atomic E-state index is 0.0545. The van der Waals surface area contributed by atoms with Gasteiger partial charge in [0, 0.05) is 25.2 Å². The maximum Gasteiger partial charge on any atom is 0.338 e. The fourth-order valence-corrected chi connectivity index (χ4v) is 2.21. The van der Waals surface area contributed by atoms with Crippen LogP contribution in [0.15, 0.2) is 24.3 Å². The lowest BCUT2D eigenvalue weighted by molar-refractivity contribution is -0.392. The Bertz CT molecular complexity index is 651. The van der Waals surface area contributed by atoms with Crippen LogP contribution in [-0.4, -0.2) is 35.5 Å². The summed E-state index contributed by atoms with van der Waals surface area (Å²) in [6, 6.07) is 2.00. The summed E-state index contributed by atoms with van der Waals surface area (Å²) in [7, 11) is 0. The van der Waals surface area contributed by atoms with E-state index in [-0.39, 0.29) is 24.4 Å². The minimum Gasteiger partial charge on any atom is -0.462 e. The number of nitrogens with zero attached hydrogens (tertiary/aromatic N) is 3. The summed E-state index contributed by atoms with van der Waals surface area (Å²) in [5.41, 5.74) is -0.727. The van der Waals surface area contributed by atoms with Gasteiger partial charge < -0.3 is 9.64 Å². The largest absolute Gasteiger partial charge is 0.462 e. The van der Waals surface area contributed by atoms with Crippen molar-refractivity contribution in [3.05, 3.63) is 50.1 Å². The third-order valence-electron chi connectivity index (χ3n) is 3.13. The van der Waals surface area contributed by atoms with Crippen LogP contribution in [0.4, 0.5) is 17.1 Å². The molecule has 0 N–H and O–H groups in total. The first-order valence-corrected chi connectivity index (χ1v) is 7.26. The maximum atomic E-state index is 11.8. The van der Waals surface area contributed by atoms with Crippen LogP contribution < -0.4 is 4.90 Å². The van der Waals surface area contributed by atoms with Crippen molar-refractivity contribution >= 4 is 23.0 Å². The van der Waals surface area contributed by atoms with E-state index in [1.165, 1.54) is 4.90 Å². The predicted molar refractivity (Wildman–Crippen MR) is 88.4 cm³/mol. The Hall–Kier alpha value is -2.97. The fraction of sp³-hybridized carbons (Fsp3) is 0.400. The molecule has 0 aliphatic heterocycles. The third kappa shape index (κ3) is 4.28. The molecule has 0 atom stereocenters. The molecule has 0 amide bonds. The van der Waals surface area contributed by atoms with E-state index in [0.29, 0.717) is 12.1 Å². The van der Waals surface area contributed by atoms with Gasteiger partial charge >= 0.3 is 17.3 Å². The van der Waals surface area contributed by atoms with Gasteiger partial charge in [0.25, 0.3) is 0 Å². The molecule has 1 aromatic rings. The standard InChI is InChI=1S/C15H19N3O6/c1-5-16(9-10(3)4)14-12(17(20)21)7-11(15(19)24-6-2)8-13(14)18(22)23/h7-8H,3,5-6,9H2,1-2,4H3. The van der Waals surface area contributed by atoms with Crippen molar-refractivity contribution < 1.29 is 19.4 Å². The van der Waals surface area contributed by atoms with Crippen molar-refractivity contribution in [3.63, 3.8) is 0 Å². The Labute approximate surface area is 138 Å². The van der Waals surface area contributed by atoms with E-state index >= 15 is 0 Å². The summed E-state index contributed by atoms with van der Waals surface area (Å²) in [4.78, 5) is 34.7. The molecule has 0 unspecified atom stereocenters. The highest BCUT2D eigenvalue weighted by atomic mass is 16.6. The molecule has 0 radical (unpaired) electrons. The van der Waals surface area contributed by atoms with Crippen molar-refractivity contribution in [2.24, 2.45) is 0 Å². The van der Waals surface area contributed by atoms with Crippen LogP contribution in [-0.2, 0) is 4.74 Å². The van der Waals surface area contributed by atoms with Gasteiger partial charge in [-0.1, -0.05) is 12.2 Å². The molecule has 0 bridgehead atoms. The Balaban J connectivity index is 3.65. The quantitative estimate of drug-likeness (QED) is 0.310. The van der Waals surface area contributed by atoms with Crippen LogP contribution in [0, 0.1) is 20.2 Å². The molecule has 24 heavy (non-hydrogen) atoms. The van der Waals surface area contributed by atoms with Crippen molar-refractivity contribution in [3.8, 4) is 0 Å². The average Bonchev–Trinajstić information content (AvgIpc) is 2.51. The molecular formula is C15H19N3O6. The molecule has 1 rings (SSSR count). The molecule has 130 valence electrons. The number of benzene rings is 1. The van der Waals surface area contributed by atoms with Gasteiger partial charge in [0.1, 0.15) is 0 Å². The Morgan fingerprint density at radius 3 is 2.04 bits per heavy atom. The van der Waals surface area contributed by atoms with Crippen LogP contribution in [0.3, 0.4) is 0 Å². The zero-order valence-electron chi connectivity index (χ0n) is 13.8. The van der Waals surface area contributed by atoms with Crippen LogP contribution in [0.1, 0.15) is 31.1 Å². The first kappa shape index (κ1) is 19.1. The van der Waals surface area contributed by atoms with Crippen molar-refractivity contribution in [1.29, 1.82) is 0 Å². The van der Waals surface area contributed by atoms with Gasteiger partial charge in [-0.3, -0.25) is 20.2 Å². The molecular weight excluding hydrogens is 318 g/mol. The Kier molecular flexibility index (Phi) is 6.39. The molecule has 9 nitrogen and oxygen atoms in total. The van der Waals surface area contributed by atoms with Crippen LogP contribution >= 0.6 is 0 Å². The summed E-state index contributed by atoms with van der Waals surface area (Å²) in [6.45, 7) is 9.31. The van der Waals surface area contributed by atoms with Gasteiger partial charge in [0.2, 0.25) is 0 Å². The number of ether oxygens (including phenoxy) is 1. The second-order valence-corrected chi connectivity index (χ2v) is 5.07. The van der Waals surface area contributed by atoms with Crippen molar-refractivity contribution in [2.45, 2.75) is 20.8 Å². The number of likely N-dealkylation sites (N-methyl/N-ethyl adjacent to an activating group) is 1. The molecule has 9 heteroatoms. The summed E-state index contributed by atoms with van der Waals surface area (Å²) in [5, 5.41) is 22.8. The van der Waals surface area contributed by atoms with Gasteiger partial charge in [-0.25, -0.2) is 4.79 Å². The van der Waals surface area contributed by atoms with Crippen LogP contribution in [0.5, 0.6) is 0 Å². The lowest BCUT2D eigenvalue weighted by Crippen LogP contribution is -2.26. The highest BCUT2D eigenvalue weighted by Gasteiger charge is 2.32. The molecule has 0 spiro atoms.